The number of nitrogens with zero attached hydrogens (tertiary/aromatic N) is 1. The summed E-state index contributed by atoms with van der Waals surface area (Å²) in [4.78, 5) is 15.1. The first-order valence-corrected chi connectivity index (χ1v) is 10.0. The van der Waals surface area contributed by atoms with Crippen LogP contribution in [-0.4, -0.2) is 54.9 Å². The van der Waals surface area contributed by atoms with Crippen LogP contribution in [-0.2, 0) is 4.74 Å². The Morgan fingerprint density at radius 3 is 2.42 bits per heavy atom. The van der Waals surface area contributed by atoms with Crippen LogP contribution in [0.1, 0.15) is 64.7 Å². The van der Waals surface area contributed by atoms with Gasteiger partial charge in [0.2, 0.25) is 0 Å². The molecule has 24 heavy (non-hydrogen) atoms. The van der Waals surface area contributed by atoms with Gasteiger partial charge in [0.25, 0.3) is 0 Å². The highest BCUT2D eigenvalue weighted by atomic mass is 16.5. The van der Waals surface area contributed by atoms with Crippen LogP contribution in [0.3, 0.4) is 0 Å². The molecule has 1 spiro atoms. The van der Waals surface area contributed by atoms with E-state index < -0.39 is 0 Å². The fraction of sp³-hybridized carbons (Fsp3) is 0.947. The molecule has 2 N–H and O–H groups in total. The number of urea groups is 1. The molecule has 4 fully saturated rings. The zero-order valence-corrected chi connectivity index (χ0v) is 15.2. The molecule has 0 radical (unpaired) electrons. The Morgan fingerprint density at radius 2 is 1.83 bits per heavy atom. The molecule has 0 aromatic carbocycles. The molecule has 5 nitrogen and oxygen atoms in total. The van der Waals surface area contributed by atoms with Gasteiger partial charge < -0.3 is 20.3 Å². The monoisotopic (exact) mass is 335 g/mol. The topological polar surface area (TPSA) is 53.6 Å². The number of hydrogen-bond acceptors (Lipinski definition) is 3. The van der Waals surface area contributed by atoms with E-state index in [0.717, 1.165) is 25.9 Å². The normalized spacial score (nSPS) is 40.5. The van der Waals surface area contributed by atoms with Gasteiger partial charge in [-0.2, -0.15) is 0 Å². The van der Waals surface area contributed by atoms with Gasteiger partial charge in [0.15, 0.2) is 0 Å². The Morgan fingerprint density at radius 1 is 1.12 bits per heavy atom. The molecule has 2 aliphatic carbocycles. The van der Waals surface area contributed by atoms with Gasteiger partial charge >= 0.3 is 6.03 Å². The summed E-state index contributed by atoms with van der Waals surface area (Å²) in [5.41, 5.74) is 0.247. The maximum absolute atomic E-state index is 12.5. The summed E-state index contributed by atoms with van der Waals surface area (Å²) in [6, 6.07) is 2.03. The third-order valence-corrected chi connectivity index (χ3v) is 7.42. The molecule has 2 saturated carbocycles. The molecule has 2 bridgehead atoms. The van der Waals surface area contributed by atoms with E-state index in [1.807, 2.05) is 0 Å². The highest BCUT2D eigenvalue weighted by Gasteiger charge is 2.59. The molecule has 1 unspecified atom stereocenters. The van der Waals surface area contributed by atoms with E-state index >= 15 is 0 Å². The number of nitrogens with one attached hydrogen (secondary N) is 2. The first-order chi connectivity index (χ1) is 11.6. The van der Waals surface area contributed by atoms with Gasteiger partial charge in [-0.15, -0.1) is 0 Å². The molecule has 2 amide bonds. The van der Waals surface area contributed by atoms with E-state index in [2.05, 4.69) is 29.5 Å². The maximum Gasteiger partial charge on any atom is 0.315 e. The molecule has 0 aromatic rings. The summed E-state index contributed by atoms with van der Waals surface area (Å²) in [5, 5.41) is 6.56. The Hall–Kier alpha value is -0.810. The van der Waals surface area contributed by atoms with Gasteiger partial charge in [-0.1, -0.05) is 12.8 Å². The van der Waals surface area contributed by atoms with E-state index in [9.17, 15) is 4.79 Å². The van der Waals surface area contributed by atoms with E-state index in [1.165, 1.54) is 38.5 Å². The number of carbonyl (C=O) groups excluding carboxylic acids is 1. The predicted octanol–water partition coefficient (Wildman–Crippen LogP) is 2.65. The number of amides is 2. The fourth-order valence-corrected chi connectivity index (χ4v) is 5.76. The summed E-state index contributed by atoms with van der Waals surface area (Å²) < 4.78 is 5.88. The molecule has 2 aliphatic heterocycles. The van der Waals surface area contributed by atoms with Crippen LogP contribution >= 0.6 is 0 Å². The maximum atomic E-state index is 12.5. The highest BCUT2D eigenvalue weighted by molar-refractivity contribution is 5.75. The number of rotatable bonds is 4. The Labute approximate surface area is 145 Å². The molecule has 2 saturated heterocycles. The lowest BCUT2D eigenvalue weighted by atomic mass is 9.51. The Bertz CT molecular complexity index is 465. The molecular weight excluding hydrogens is 302 g/mol. The van der Waals surface area contributed by atoms with Gasteiger partial charge in [0, 0.05) is 36.2 Å². The standard InChI is InChI=1S/C19H33N3O2/c1-3-24-17-12-16(19(17)8-5-9-19)21-18(23)20-13-10-14-6-4-7-15(11-13)22(14)2/h13-17H,3-12H2,1-2H3,(H2,20,21,23)/t13?,14-,15+,16-,17-/m1/s1. The summed E-state index contributed by atoms with van der Waals surface area (Å²) in [6.45, 7) is 2.85. The summed E-state index contributed by atoms with van der Waals surface area (Å²) in [6.07, 6.45) is 11.2. The van der Waals surface area contributed by atoms with E-state index in [4.69, 9.17) is 4.74 Å². The lowest BCUT2D eigenvalue weighted by Gasteiger charge is -2.61. The van der Waals surface area contributed by atoms with Crippen LogP contribution in [0, 0.1) is 5.41 Å². The third kappa shape index (κ3) is 2.74. The Kier molecular flexibility index (Phi) is 4.50. The minimum Gasteiger partial charge on any atom is -0.378 e. The molecule has 4 aliphatic rings. The van der Waals surface area contributed by atoms with Crippen molar-refractivity contribution in [2.75, 3.05) is 13.7 Å². The molecule has 2 heterocycles. The van der Waals surface area contributed by atoms with Crippen LogP contribution in [0.2, 0.25) is 0 Å². The molecule has 4 rings (SSSR count). The first-order valence-electron chi connectivity index (χ1n) is 10.0. The number of hydrogen-bond donors (Lipinski definition) is 2. The van der Waals surface area contributed by atoms with Crippen LogP contribution < -0.4 is 10.6 Å². The highest BCUT2D eigenvalue weighted by Crippen LogP contribution is 2.57. The average molecular weight is 335 g/mol. The van der Waals surface area contributed by atoms with Crippen molar-refractivity contribution in [3.05, 3.63) is 0 Å². The predicted molar refractivity (Wildman–Crippen MR) is 94.0 cm³/mol. The molecule has 136 valence electrons. The lowest BCUT2D eigenvalue weighted by Crippen LogP contribution is -2.69. The molecule has 5 atom stereocenters. The molecule has 5 heteroatoms. The van der Waals surface area contributed by atoms with Gasteiger partial charge in [0.05, 0.1) is 6.10 Å². The van der Waals surface area contributed by atoms with Crippen molar-refractivity contribution in [3.8, 4) is 0 Å². The van der Waals surface area contributed by atoms with Crippen LogP contribution in [0.4, 0.5) is 4.79 Å². The van der Waals surface area contributed by atoms with Crippen LogP contribution in [0.15, 0.2) is 0 Å². The SMILES string of the molecule is CCO[C@@H]1C[C@@H](NC(=O)NC2C[C@H]3CCC[C@@H](C2)N3C)C12CCC2. The smallest absolute Gasteiger partial charge is 0.315 e. The molecular formula is C19H33N3O2. The Balaban J connectivity index is 1.28. The summed E-state index contributed by atoms with van der Waals surface area (Å²) in [7, 11) is 2.26. The van der Waals surface area contributed by atoms with E-state index in [1.54, 1.807) is 0 Å². The van der Waals surface area contributed by atoms with E-state index in [0.29, 0.717) is 30.3 Å². The van der Waals surface area contributed by atoms with Crippen molar-refractivity contribution in [1.29, 1.82) is 0 Å². The minimum absolute atomic E-state index is 0.0499. The van der Waals surface area contributed by atoms with Crippen molar-refractivity contribution >= 4 is 6.03 Å². The minimum atomic E-state index is 0.0499. The number of fused-ring (bicyclic) bond motifs is 2. The second kappa shape index (κ2) is 6.49. The van der Waals surface area contributed by atoms with Crippen molar-refractivity contribution in [3.63, 3.8) is 0 Å². The fourth-order valence-electron chi connectivity index (χ4n) is 5.76. The second-order valence-corrected chi connectivity index (χ2v) is 8.51. The number of piperidine rings is 2. The zero-order valence-electron chi connectivity index (χ0n) is 15.2. The van der Waals surface area contributed by atoms with Gasteiger partial charge in [-0.05, 0) is 58.9 Å². The van der Waals surface area contributed by atoms with Gasteiger partial charge in [-0.3, -0.25) is 0 Å². The third-order valence-electron chi connectivity index (χ3n) is 7.42. The zero-order chi connectivity index (χ0) is 16.7. The lowest BCUT2D eigenvalue weighted by molar-refractivity contribution is -0.169. The number of carbonyl (C=O) groups is 1. The van der Waals surface area contributed by atoms with Gasteiger partial charge in [-0.25, -0.2) is 4.79 Å². The van der Waals surface area contributed by atoms with E-state index in [-0.39, 0.29) is 11.4 Å². The van der Waals surface area contributed by atoms with Crippen molar-refractivity contribution in [1.82, 2.24) is 15.5 Å². The van der Waals surface area contributed by atoms with Crippen molar-refractivity contribution in [2.24, 2.45) is 5.41 Å². The van der Waals surface area contributed by atoms with Gasteiger partial charge in [0.1, 0.15) is 0 Å². The van der Waals surface area contributed by atoms with Crippen LogP contribution in [0.25, 0.3) is 0 Å². The quantitative estimate of drug-likeness (QED) is 0.830. The second-order valence-electron chi connectivity index (χ2n) is 8.51. The van der Waals surface area contributed by atoms with Crippen molar-refractivity contribution in [2.45, 2.75) is 95.0 Å². The summed E-state index contributed by atoms with van der Waals surface area (Å²) in [5.74, 6) is 0. The first kappa shape index (κ1) is 16.6. The number of ether oxygens (including phenoxy) is 1. The average Bonchev–Trinajstić information content (AvgIpc) is 2.45. The largest absolute Gasteiger partial charge is 0.378 e. The van der Waals surface area contributed by atoms with Crippen molar-refractivity contribution < 1.29 is 9.53 Å². The molecule has 0 aromatic heterocycles. The van der Waals surface area contributed by atoms with Crippen LogP contribution in [0.5, 0.6) is 0 Å². The summed E-state index contributed by atoms with van der Waals surface area (Å²) >= 11 is 0.